The van der Waals surface area contributed by atoms with Gasteiger partial charge in [0.15, 0.2) is 0 Å². The van der Waals surface area contributed by atoms with E-state index in [1.54, 1.807) is 13.8 Å². The molecule has 2 aromatic rings. The molecule has 1 fully saturated rings. The predicted octanol–water partition coefficient (Wildman–Crippen LogP) is 4.85. The predicted molar refractivity (Wildman–Crippen MR) is 133 cm³/mol. The highest BCUT2D eigenvalue weighted by Crippen LogP contribution is 2.45. The third-order valence-electron chi connectivity index (χ3n) is 7.90. The van der Waals surface area contributed by atoms with Crippen molar-refractivity contribution in [2.24, 2.45) is 5.41 Å². The number of carboxylic acid groups (broad SMARTS) is 1. The molecule has 35 heavy (non-hydrogen) atoms. The standard InChI is InChI=1S/C28H34N2O5/c1-3-28(4-2,25(32)33)30-24(31)16-27(14-9-15-27)18-29-26(34)35-17-23-21-12-7-5-10-19(21)20-11-6-8-13-22(20)23/h5-8,10-13,23H,3-4,9,14-18H2,1-2H3,(H,29,34)(H,30,31)(H,32,33). The number of hydrogen-bond donors (Lipinski definition) is 3. The minimum Gasteiger partial charge on any atom is -0.480 e. The minimum atomic E-state index is -1.25. The number of alkyl carbamates (subject to hydrolysis) is 1. The third kappa shape index (κ3) is 4.90. The molecule has 1 saturated carbocycles. The molecule has 0 unspecified atom stereocenters. The Hall–Kier alpha value is -3.35. The van der Waals surface area contributed by atoms with Crippen LogP contribution in [0, 0.1) is 5.41 Å². The fourth-order valence-corrected chi connectivity index (χ4v) is 5.44. The summed E-state index contributed by atoms with van der Waals surface area (Å²) in [6.45, 7) is 4.09. The lowest BCUT2D eigenvalue weighted by Crippen LogP contribution is -2.55. The van der Waals surface area contributed by atoms with Gasteiger partial charge in [-0.2, -0.15) is 0 Å². The molecule has 186 valence electrons. The fraction of sp³-hybridized carbons (Fsp3) is 0.464. The average Bonchev–Trinajstić information content (AvgIpc) is 3.16. The van der Waals surface area contributed by atoms with E-state index in [1.165, 1.54) is 11.1 Å². The number of nitrogens with one attached hydrogen (secondary N) is 2. The molecule has 0 radical (unpaired) electrons. The number of carbonyl (C=O) groups is 3. The molecular weight excluding hydrogens is 444 g/mol. The highest BCUT2D eigenvalue weighted by molar-refractivity contribution is 5.87. The maximum atomic E-state index is 12.7. The minimum absolute atomic E-state index is 0.0104. The van der Waals surface area contributed by atoms with Gasteiger partial charge in [-0.25, -0.2) is 9.59 Å². The van der Waals surface area contributed by atoms with Gasteiger partial charge in [-0.15, -0.1) is 0 Å². The monoisotopic (exact) mass is 478 g/mol. The number of benzene rings is 2. The van der Waals surface area contributed by atoms with Crippen molar-refractivity contribution in [1.82, 2.24) is 10.6 Å². The van der Waals surface area contributed by atoms with Crippen molar-refractivity contribution in [3.05, 3.63) is 59.7 Å². The Bertz CT molecular complexity index is 1060. The second-order valence-corrected chi connectivity index (χ2v) is 9.85. The number of amides is 2. The van der Waals surface area contributed by atoms with Gasteiger partial charge >= 0.3 is 12.1 Å². The Balaban J connectivity index is 1.33. The van der Waals surface area contributed by atoms with Crippen molar-refractivity contribution < 1.29 is 24.2 Å². The van der Waals surface area contributed by atoms with Gasteiger partial charge in [0.25, 0.3) is 0 Å². The van der Waals surface area contributed by atoms with Crippen LogP contribution in [0.1, 0.15) is 69.4 Å². The van der Waals surface area contributed by atoms with Crippen LogP contribution in [0.4, 0.5) is 4.79 Å². The number of ether oxygens (including phenoxy) is 1. The quantitative estimate of drug-likeness (QED) is 0.453. The summed E-state index contributed by atoms with van der Waals surface area (Å²) < 4.78 is 5.63. The van der Waals surface area contributed by atoms with Gasteiger partial charge < -0.3 is 20.5 Å². The van der Waals surface area contributed by atoms with Crippen molar-refractivity contribution in [1.29, 1.82) is 0 Å². The summed E-state index contributed by atoms with van der Waals surface area (Å²) in [6, 6.07) is 16.4. The third-order valence-corrected chi connectivity index (χ3v) is 7.90. The molecule has 0 aliphatic heterocycles. The number of aliphatic carboxylic acids is 1. The highest BCUT2D eigenvalue weighted by atomic mass is 16.5. The van der Waals surface area contributed by atoms with Crippen LogP contribution in [0.5, 0.6) is 0 Å². The van der Waals surface area contributed by atoms with Crippen LogP contribution in [-0.2, 0) is 14.3 Å². The molecular formula is C28H34N2O5. The van der Waals surface area contributed by atoms with Crippen molar-refractivity contribution in [3.63, 3.8) is 0 Å². The van der Waals surface area contributed by atoms with Crippen molar-refractivity contribution >= 4 is 18.0 Å². The first-order valence-electron chi connectivity index (χ1n) is 12.5. The summed E-state index contributed by atoms with van der Waals surface area (Å²) in [7, 11) is 0. The van der Waals surface area contributed by atoms with E-state index in [0.717, 1.165) is 30.4 Å². The zero-order valence-corrected chi connectivity index (χ0v) is 20.4. The van der Waals surface area contributed by atoms with E-state index in [1.807, 2.05) is 24.3 Å². The first-order chi connectivity index (χ1) is 16.8. The Morgan fingerprint density at radius 2 is 1.57 bits per heavy atom. The van der Waals surface area contributed by atoms with Gasteiger partial charge in [-0.3, -0.25) is 4.79 Å². The summed E-state index contributed by atoms with van der Waals surface area (Å²) in [6.07, 6.45) is 2.91. The van der Waals surface area contributed by atoms with E-state index >= 15 is 0 Å². The second-order valence-electron chi connectivity index (χ2n) is 9.85. The summed E-state index contributed by atoms with van der Waals surface area (Å²) >= 11 is 0. The number of rotatable bonds is 10. The smallest absolute Gasteiger partial charge is 0.407 e. The van der Waals surface area contributed by atoms with Gasteiger partial charge in [0.05, 0.1) is 0 Å². The molecule has 0 heterocycles. The van der Waals surface area contributed by atoms with Gasteiger partial charge in [-0.1, -0.05) is 68.8 Å². The molecule has 0 saturated heterocycles. The maximum Gasteiger partial charge on any atom is 0.407 e. The molecule has 0 spiro atoms. The number of hydrogen-bond acceptors (Lipinski definition) is 4. The molecule has 3 N–H and O–H groups in total. The zero-order valence-electron chi connectivity index (χ0n) is 20.4. The Kier molecular flexibility index (Phi) is 7.15. The van der Waals surface area contributed by atoms with Crippen LogP contribution in [0.3, 0.4) is 0 Å². The lowest BCUT2D eigenvalue weighted by Gasteiger charge is -2.42. The van der Waals surface area contributed by atoms with Crippen LogP contribution >= 0.6 is 0 Å². The lowest BCUT2D eigenvalue weighted by molar-refractivity contribution is -0.148. The van der Waals surface area contributed by atoms with Crippen LogP contribution in [0.15, 0.2) is 48.5 Å². The molecule has 4 rings (SSSR count). The van der Waals surface area contributed by atoms with E-state index < -0.39 is 17.6 Å². The molecule has 7 nitrogen and oxygen atoms in total. The normalized spacial score (nSPS) is 15.9. The first-order valence-corrected chi connectivity index (χ1v) is 12.5. The fourth-order valence-electron chi connectivity index (χ4n) is 5.44. The summed E-state index contributed by atoms with van der Waals surface area (Å²) in [4.78, 5) is 37.1. The SMILES string of the molecule is CCC(CC)(NC(=O)CC1(CNC(=O)OCC2c3ccccc3-c3ccccc32)CCC1)C(=O)O. The molecule has 2 amide bonds. The molecule has 2 aliphatic rings. The number of carboxylic acids is 1. The van der Waals surface area contributed by atoms with E-state index in [2.05, 4.69) is 34.9 Å². The van der Waals surface area contributed by atoms with E-state index in [4.69, 9.17) is 4.74 Å². The molecule has 0 aromatic heterocycles. The van der Waals surface area contributed by atoms with Crippen LogP contribution in [-0.4, -0.2) is 41.8 Å². The van der Waals surface area contributed by atoms with Crippen molar-refractivity contribution in [2.45, 2.75) is 63.8 Å². The van der Waals surface area contributed by atoms with Gasteiger partial charge in [0.1, 0.15) is 12.1 Å². The second kappa shape index (κ2) is 10.1. The summed E-state index contributed by atoms with van der Waals surface area (Å²) in [5.41, 5.74) is 3.05. The van der Waals surface area contributed by atoms with Gasteiger partial charge in [0, 0.05) is 18.9 Å². The van der Waals surface area contributed by atoms with Crippen LogP contribution < -0.4 is 10.6 Å². The summed E-state index contributed by atoms with van der Waals surface area (Å²) in [5, 5.41) is 15.2. The maximum absolute atomic E-state index is 12.7. The lowest BCUT2D eigenvalue weighted by atomic mass is 9.66. The largest absolute Gasteiger partial charge is 0.480 e. The van der Waals surface area contributed by atoms with Gasteiger partial charge in [0.2, 0.25) is 5.91 Å². The zero-order chi connectivity index (χ0) is 25.1. The van der Waals surface area contributed by atoms with Crippen molar-refractivity contribution in [2.75, 3.05) is 13.2 Å². The Morgan fingerprint density at radius 3 is 2.06 bits per heavy atom. The van der Waals surface area contributed by atoms with E-state index in [9.17, 15) is 19.5 Å². The van der Waals surface area contributed by atoms with E-state index in [-0.39, 0.29) is 30.3 Å². The summed E-state index contributed by atoms with van der Waals surface area (Å²) in [5.74, 6) is -1.32. The molecule has 2 aromatic carbocycles. The molecule has 2 aliphatic carbocycles. The van der Waals surface area contributed by atoms with Crippen LogP contribution in [0.25, 0.3) is 11.1 Å². The Labute approximate surface area is 206 Å². The van der Waals surface area contributed by atoms with Crippen LogP contribution in [0.2, 0.25) is 0 Å². The molecule has 0 atom stereocenters. The molecule has 0 bridgehead atoms. The topological polar surface area (TPSA) is 105 Å². The average molecular weight is 479 g/mol. The molecule has 7 heteroatoms. The number of fused-ring (bicyclic) bond motifs is 3. The number of carbonyl (C=O) groups excluding carboxylic acids is 2. The first kappa shape index (κ1) is 24.8. The Morgan fingerprint density at radius 1 is 1.00 bits per heavy atom. The van der Waals surface area contributed by atoms with Gasteiger partial charge in [-0.05, 0) is 53.4 Å². The van der Waals surface area contributed by atoms with E-state index in [0.29, 0.717) is 19.4 Å². The van der Waals surface area contributed by atoms with Crippen molar-refractivity contribution in [3.8, 4) is 11.1 Å². The highest BCUT2D eigenvalue weighted by Gasteiger charge is 2.42.